The fourth-order valence-electron chi connectivity index (χ4n) is 2.98. The summed E-state index contributed by atoms with van der Waals surface area (Å²) in [4.78, 5) is 0. The molecule has 0 bridgehead atoms. The van der Waals surface area contributed by atoms with Crippen LogP contribution in [0.4, 0.5) is 4.39 Å². The Hall–Kier alpha value is -0.470. The zero-order valence-corrected chi connectivity index (χ0v) is 16.4. The number of allylic oxidation sites excluding steroid dienone is 2. The molecule has 0 heterocycles. The van der Waals surface area contributed by atoms with Gasteiger partial charge in [0.1, 0.15) is 5.67 Å². The van der Waals surface area contributed by atoms with E-state index in [2.05, 4.69) is 22.6 Å². The molecule has 2 atom stereocenters. The fraction of sp³-hybridized carbons (Fsp3) is 0.529. The predicted octanol–water partition coefficient (Wildman–Crippen LogP) is 4.73. The van der Waals surface area contributed by atoms with E-state index in [9.17, 15) is 8.42 Å². The van der Waals surface area contributed by atoms with Crippen LogP contribution in [0.15, 0.2) is 33.9 Å². The highest BCUT2D eigenvalue weighted by atomic mass is 127. The molecule has 0 aliphatic heterocycles. The van der Waals surface area contributed by atoms with Gasteiger partial charge < -0.3 is 0 Å². The van der Waals surface area contributed by atoms with Crippen LogP contribution in [0, 0.1) is 5.92 Å². The van der Waals surface area contributed by atoms with Crippen molar-refractivity contribution in [3.63, 3.8) is 0 Å². The number of halogens is 2. The molecule has 2 unspecified atom stereocenters. The first kappa shape index (κ1) is 18.9. The van der Waals surface area contributed by atoms with E-state index >= 15 is 4.39 Å². The molecule has 3 nitrogen and oxygen atoms in total. The second kappa shape index (κ2) is 7.61. The zero-order valence-electron chi connectivity index (χ0n) is 13.4. The maximum absolute atomic E-state index is 15.1. The van der Waals surface area contributed by atoms with E-state index in [-0.39, 0.29) is 12.5 Å². The minimum absolute atomic E-state index is 0.106. The van der Waals surface area contributed by atoms with Crippen LogP contribution in [0.2, 0.25) is 0 Å². The molecule has 0 radical (unpaired) electrons. The highest BCUT2D eigenvalue weighted by molar-refractivity contribution is 14.1. The molecule has 0 aromatic heterocycles. The van der Waals surface area contributed by atoms with Crippen molar-refractivity contribution in [2.75, 3.05) is 12.9 Å². The van der Waals surface area contributed by atoms with Crippen molar-refractivity contribution in [1.82, 2.24) is 0 Å². The van der Waals surface area contributed by atoms with Crippen molar-refractivity contribution >= 4 is 38.3 Å². The van der Waals surface area contributed by atoms with Crippen molar-refractivity contribution in [2.24, 2.45) is 5.92 Å². The standard InChI is InChI=1S/C17H22FIO3S/c1-17(18)12-15(13-7-4-3-5-8-13)16(19)11-14(17)9-6-10-22-23(2,20)21/h3-5,7-8,14H,6,9-12H2,1-2H3. The van der Waals surface area contributed by atoms with E-state index in [4.69, 9.17) is 4.18 Å². The van der Waals surface area contributed by atoms with Gasteiger partial charge in [-0.3, -0.25) is 4.18 Å². The number of hydrogen-bond donors (Lipinski definition) is 0. The van der Waals surface area contributed by atoms with Crippen molar-refractivity contribution in [3.05, 3.63) is 39.5 Å². The lowest BCUT2D eigenvalue weighted by atomic mass is 9.74. The largest absolute Gasteiger partial charge is 0.270 e. The summed E-state index contributed by atoms with van der Waals surface area (Å²) < 4.78 is 43.0. The smallest absolute Gasteiger partial charge is 0.264 e. The Kier molecular flexibility index (Phi) is 6.24. The Morgan fingerprint density at radius 2 is 2.00 bits per heavy atom. The molecule has 6 heteroatoms. The second-order valence-electron chi connectivity index (χ2n) is 6.27. The van der Waals surface area contributed by atoms with Crippen LogP contribution in [0.1, 0.15) is 38.2 Å². The van der Waals surface area contributed by atoms with Gasteiger partial charge in [0.2, 0.25) is 0 Å². The molecule has 128 valence electrons. The van der Waals surface area contributed by atoms with E-state index in [1.54, 1.807) is 6.92 Å². The molecule has 23 heavy (non-hydrogen) atoms. The molecular weight excluding hydrogens is 430 g/mol. The fourth-order valence-corrected chi connectivity index (χ4v) is 4.43. The number of alkyl halides is 1. The first-order valence-electron chi connectivity index (χ1n) is 7.65. The van der Waals surface area contributed by atoms with Gasteiger partial charge >= 0.3 is 0 Å². The van der Waals surface area contributed by atoms with Gasteiger partial charge in [0.05, 0.1) is 12.9 Å². The van der Waals surface area contributed by atoms with Gasteiger partial charge in [-0.15, -0.1) is 0 Å². The van der Waals surface area contributed by atoms with Crippen LogP contribution in [-0.2, 0) is 14.3 Å². The minimum Gasteiger partial charge on any atom is -0.270 e. The topological polar surface area (TPSA) is 43.4 Å². The monoisotopic (exact) mass is 452 g/mol. The van der Waals surface area contributed by atoms with Crippen molar-refractivity contribution in [2.45, 2.75) is 38.3 Å². The van der Waals surface area contributed by atoms with Gasteiger partial charge in [-0.2, -0.15) is 8.42 Å². The summed E-state index contributed by atoms with van der Waals surface area (Å²) in [7, 11) is -3.42. The molecule has 2 rings (SSSR count). The third-order valence-electron chi connectivity index (χ3n) is 4.24. The van der Waals surface area contributed by atoms with E-state index < -0.39 is 15.8 Å². The van der Waals surface area contributed by atoms with Crippen LogP contribution in [0.25, 0.3) is 5.57 Å². The predicted molar refractivity (Wildman–Crippen MR) is 99.6 cm³/mol. The molecule has 0 amide bonds. The summed E-state index contributed by atoms with van der Waals surface area (Å²) in [5, 5.41) is 0. The first-order chi connectivity index (χ1) is 10.7. The van der Waals surface area contributed by atoms with Crippen molar-refractivity contribution in [3.8, 4) is 0 Å². The van der Waals surface area contributed by atoms with Crippen LogP contribution in [0.3, 0.4) is 0 Å². The van der Waals surface area contributed by atoms with Gasteiger partial charge in [0, 0.05) is 6.42 Å². The Bertz CT molecular complexity index is 668. The number of benzene rings is 1. The molecule has 0 fully saturated rings. The molecular formula is C17H22FIO3S. The third kappa shape index (κ3) is 5.53. The Balaban J connectivity index is 2.03. The average molecular weight is 452 g/mol. The van der Waals surface area contributed by atoms with E-state index in [1.165, 1.54) is 3.58 Å². The molecule has 1 aliphatic carbocycles. The molecule has 0 saturated carbocycles. The molecule has 0 N–H and O–H groups in total. The SMILES string of the molecule is CC1(F)CC(c2ccccc2)=C(I)CC1CCCOS(C)(=O)=O. The van der Waals surface area contributed by atoms with E-state index in [0.717, 1.165) is 17.4 Å². The van der Waals surface area contributed by atoms with Crippen LogP contribution >= 0.6 is 22.6 Å². The lowest BCUT2D eigenvalue weighted by Crippen LogP contribution is -2.33. The summed E-state index contributed by atoms with van der Waals surface area (Å²) in [5.41, 5.74) is 0.879. The highest BCUT2D eigenvalue weighted by Crippen LogP contribution is 2.47. The van der Waals surface area contributed by atoms with Crippen molar-refractivity contribution in [1.29, 1.82) is 0 Å². The maximum atomic E-state index is 15.1. The summed E-state index contributed by atoms with van der Waals surface area (Å²) in [6.07, 6.45) is 3.28. The summed E-state index contributed by atoms with van der Waals surface area (Å²) in [6.45, 7) is 1.78. The second-order valence-corrected chi connectivity index (χ2v) is 9.22. The van der Waals surface area contributed by atoms with Gasteiger partial charge in [-0.1, -0.05) is 30.3 Å². The molecule has 0 spiro atoms. The Morgan fingerprint density at radius 1 is 1.35 bits per heavy atom. The van der Waals surface area contributed by atoms with Crippen LogP contribution in [0.5, 0.6) is 0 Å². The Morgan fingerprint density at radius 3 is 2.61 bits per heavy atom. The average Bonchev–Trinajstić information content (AvgIpc) is 2.46. The van der Waals surface area contributed by atoms with Crippen LogP contribution in [-0.4, -0.2) is 26.9 Å². The molecule has 0 saturated heterocycles. The van der Waals surface area contributed by atoms with Crippen molar-refractivity contribution < 1.29 is 17.0 Å². The lowest BCUT2D eigenvalue weighted by molar-refractivity contribution is 0.0919. The normalized spacial score (nSPS) is 25.7. The number of hydrogen-bond acceptors (Lipinski definition) is 3. The summed E-state index contributed by atoms with van der Waals surface area (Å²) >= 11 is 2.31. The molecule has 1 aromatic rings. The van der Waals surface area contributed by atoms with Crippen LogP contribution < -0.4 is 0 Å². The lowest BCUT2D eigenvalue weighted by Gasteiger charge is -2.36. The minimum atomic E-state index is -3.42. The zero-order chi connectivity index (χ0) is 17.1. The summed E-state index contributed by atoms with van der Waals surface area (Å²) in [5.74, 6) is -0.106. The molecule has 1 aliphatic rings. The number of rotatable bonds is 6. The van der Waals surface area contributed by atoms with Gasteiger partial charge in [0.25, 0.3) is 10.1 Å². The highest BCUT2D eigenvalue weighted by Gasteiger charge is 2.39. The van der Waals surface area contributed by atoms with Gasteiger partial charge in [-0.25, -0.2) is 4.39 Å². The van der Waals surface area contributed by atoms with E-state index in [1.807, 2.05) is 30.3 Å². The first-order valence-corrected chi connectivity index (χ1v) is 10.5. The third-order valence-corrected chi connectivity index (χ3v) is 5.93. The van der Waals surface area contributed by atoms with E-state index in [0.29, 0.717) is 25.7 Å². The molecule has 1 aromatic carbocycles. The quantitative estimate of drug-likeness (QED) is 0.356. The van der Waals surface area contributed by atoms with Gasteiger partial charge in [0.15, 0.2) is 0 Å². The van der Waals surface area contributed by atoms with Gasteiger partial charge in [-0.05, 0) is 69.4 Å². The summed E-state index contributed by atoms with van der Waals surface area (Å²) in [6, 6.07) is 9.93. The Labute approximate surface area is 151 Å². The maximum Gasteiger partial charge on any atom is 0.264 e.